The summed E-state index contributed by atoms with van der Waals surface area (Å²) in [7, 11) is 1.54. The van der Waals surface area contributed by atoms with Crippen LogP contribution in [0.2, 0.25) is 0 Å². The van der Waals surface area contributed by atoms with E-state index in [0.717, 1.165) is 5.56 Å². The van der Waals surface area contributed by atoms with Crippen molar-refractivity contribution in [3.8, 4) is 5.88 Å². The first-order valence-corrected chi connectivity index (χ1v) is 5.64. The van der Waals surface area contributed by atoms with Gasteiger partial charge in [0.05, 0.1) is 19.2 Å². The van der Waals surface area contributed by atoms with Crippen molar-refractivity contribution < 1.29 is 9.53 Å². The van der Waals surface area contributed by atoms with Crippen molar-refractivity contribution in [2.75, 3.05) is 7.11 Å². The predicted octanol–water partition coefficient (Wildman–Crippen LogP) is 2.22. The molecule has 0 spiro atoms. The van der Waals surface area contributed by atoms with E-state index in [1.54, 1.807) is 6.07 Å². The van der Waals surface area contributed by atoms with E-state index in [-0.39, 0.29) is 12.2 Å². The zero-order valence-electron chi connectivity index (χ0n) is 10.4. The molecule has 0 bridgehead atoms. The molecule has 4 nitrogen and oxygen atoms in total. The number of aryl methyl sites for hydroxylation is 1. The van der Waals surface area contributed by atoms with Gasteiger partial charge in [0.15, 0.2) is 5.78 Å². The largest absolute Gasteiger partial charge is 0.481 e. The van der Waals surface area contributed by atoms with E-state index in [2.05, 4.69) is 9.97 Å². The molecule has 0 aliphatic carbocycles. The van der Waals surface area contributed by atoms with E-state index < -0.39 is 0 Å². The monoisotopic (exact) mass is 242 g/mol. The number of ketones is 1. The molecule has 18 heavy (non-hydrogen) atoms. The third-order valence-electron chi connectivity index (χ3n) is 2.62. The molecule has 0 saturated heterocycles. The zero-order chi connectivity index (χ0) is 13.0. The van der Waals surface area contributed by atoms with Crippen molar-refractivity contribution in [2.24, 2.45) is 0 Å². The SMILES string of the molecule is COc1cc(CC(=O)c2ccc(C)cc2)ncn1. The number of Topliss-reactive ketones (excluding diaryl/α,β-unsaturated/α-hetero) is 1. The number of benzene rings is 1. The van der Waals surface area contributed by atoms with Crippen molar-refractivity contribution in [3.05, 3.63) is 53.5 Å². The quantitative estimate of drug-likeness (QED) is 0.771. The number of carbonyl (C=O) groups excluding carboxylic acids is 1. The van der Waals surface area contributed by atoms with Crippen LogP contribution in [0.5, 0.6) is 5.88 Å². The van der Waals surface area contributed by atoms with Crippen LogP contribution in [-0.2, 0) is 6.42 Å². The Labute approximate surface area is 106 Å². The topological polar surface area (TPSA) is 52.1 Å². The number of rotatable bonds is 4. The van der Waals surface area contributed by atoms with E-state index in [0.29, 0.717) is 17.1 Å². The molecule has 2 aromatic rings. The van der Waals surface area contributed by atoms with Gasteiger partial charge in [-0.1, -0.05) is 29.8 Å². The van der Waals surface area contributed by atoms with Gasteiger partial charge >= 0.3 is 0 Å². The minimum Gasteiger partial charge on any atom is -0.481 e. The summed E-state index contributed by atoms with van der Waals surface area (Å²) < 4.78 is 5.00. The highest BCUT2D eigenvalue weighted by molar-refractivity contribution is 5.97. The van der Waals surface area contributed by atoms with Gasteiger partial charge in [-0.3, -0.25) is 4.79 Å². The van der Waals surface area contributed by atoms with Crippen LogP contribution in [0.4, 0.5) is 0 Å². The number of carbonyl (C=O) groups is 1. The molecule has 1 aromatic carbocycles. The van der Waals surface area contributed by atoms with Crippen LogP contribution in [0.25, 0.3) is 0 Å². The molecule has 92 valence electrons. The summed E-state index contributed by atoms with van der Waals surface area (Å²) in [5.74, 6) is 0.507. The fourth-order valence-electron chi connectivity index (χ4n) is 1.59. The Hall–Kier alpha value is -2.23. The molecule has 0 unspecified atom stereocenters. The molecule has 0 aliphatic heterocycles. The Morgan fingerprint density at radius 2 is 1.94 bits per heavy atom. The van der Waals surface area contributed by atoms with E-state index >= 15 is 0 Å². The van der Waals surface area contributed by atoms with Crippen LogP contribution >= 0.6 is 0 Å². The Morgan fingerprint density at radius 3 is 2.61 bits per heavy atom. The first-order chi connectivity index (χ1) is 8.69. The zero-order valence-corrected chi connectivity index (χ0v) is 10.4. The molecule has 0 radical (unpaired) electrons. The average molecular weight is 242 g/mol. The molecule has 0 aliphatic rings. The van der Waals surface area contributed by atoms with Gasteiger partial charge in [-0.15, -0.1) is 0 Å². The van der Waals surface area contributed by atoms with Crippen LogP contribution in [-0.4, -0.2) is 22.9 Å². The molecule has 0 N–H and O–H groups in total. The first-order valence-electron chi connectivity index (χ1n) is 5.64. The highest BCUT2D eigenvalue weighted by atomic mass is 16.5. The molecular weight excluding hydrogens is 228 g/mol. The molecule has 0 amide bonds. The second-order valence-corrected chi connectivity index (χ2v) is 4.02. The molecular formula is C14H14N2O2. The Balaban J connectivity index is 2.13. The summed E-state index contributed by atoms with van der Waals surface area (Å²) in [4.78, 5) is 20.0. The van der Waals surface area contributed by atoms with Gasteiger partial charge in [-0.05, 0) is 6.92 Å². The van der Waals surface area contributed by atoms with Crippen LogP contribution in [0, 0.1) is 6.92 Å². The summed E-state index contributed by atoms with van der Waals surface area (Å²) in [6.07, 6.45) is 1.65. The van der Waals surface area contributed by atoms with Gasteiger partial charge in [0.25, 0.3) is 0 Å². The predicted molar refractivity (Wildman–Crippen MR) is 67.8 cm³/mol. The molecule has 1 heterocycles. The van der Waals surface area contributed by atoms with Crippen molar-refractivity contribution in [2.45, 2.75) is 13.3 Å². The lowest BCUT2D eigenvalue weighted by atomic mass is 10.1. The smallest absolute Gasteiger partial charge is 0.216 e. The van der Waals surface area contributed by atoms with Crippen molar-refractivity contribution in [3.63, 3.8) is 0 Å². The molecule has 0 atom stereocenters. The van der Waals surface area contributed by atoms with E-state index in [1.807, 2.05) is 31.2 Å². The van der Waals surface area contributed by atoms with E-state index in [4.69, 9.17) is 4.74 Å². The van der Waals surface area contributed by atoms with E-state index in [9.17, 15) is 4.79 Å². The van der Waals surface area contributed by atoms with Crippen molar-refractivity contribution in [1.29, 1.82) is 0 Å². The number of aromatic nitrogens is 2. The third kappa shape index (κ3) is 2.91. The number of nitrogens with zero attached hydrogens (tertiary/aromatic N) is 2. The third-order valence-corrected chi connectivity index (χ3v) is 2.62. The second-order valence-electron chi connectivity index (χ2n) is 4.02. The van der Waals surface area contributed by atoms with Crippen molar-refractivity contribution in [1.82, 2.24) is 9.97 Å². The molecule has 4 heteroatoms. The standard InChI is InChI=1S/C14H14N2O2/c1-10-3-5-11(6-4-10)13(17)7-12-8-14(18-2)16-9-15-12/h3-6,8-9H,7H2,1-2H3. The molecule has 2 rings (SSSR count). The van der Waals surface area contributed by atoms with Gasteiger partial charge in [-0.2, -0.15) is 0 Å². The molecule has 1 aromatic heterocycles. The van der Waals surface area contributed by atoms with Gasteiger partial charge in [-0.25, -0.2) is 9.97 Å². The Morgan fingerprint density at radius 1 is 1.22 bits per heavy atom. The summed E-state index contributed by atoms with van der Waals surface area (Å²) in [6.45, 7) is 1.99. The number of ether oxygens (including phenoxy) is 1. The summed E-state index contributed by atoms with van der Waals surface area (Å²) in [5.41, 5.74) is 2.49. The number of hydrogen-bond acceptors (Lipinski definition) is 4. The van der Waals surface area contributed by atoms with Gasteiger partial charge in [0.1, 0.15) is 6.33 Å². The maximum Gasteiger partial charge on any atom is 0.216 e. The highest BCUT2D eigenvalue weighted by Gasteiger charge is 2.08. The van der Waals surface area contributed by atoms with Crippen LogP contribution < -0.4 is 4.74 Å². The summed E-state index contributed by atoms with van der Waals surface area (Å²) in [5, 5.41) is 0. The fraction of sp³-hybridized carbons (Fsp3) is 0.214. The van der Waals surface area contributed by atoms with Crippen LogP contribution in [0.1, 0.15) is 21.6 Å². The van der Waals surface area contributed by atoms with E-state index in [1.165, 1.54) is 13.4 Å². The number of hydrogen-bond donors (Lipinski definition) is 0. The lowest BCUT2D eigenvalue weighted by molar-refractivity contribution is 0.0992. The maximum atomic E-state index is 12.0. The van der Waals surface area contributed by atoms with Crippen molar-refractivity contribution >= 4 is 5.78 Å². The first kappa shape index (κ1) is 12.2. The summed E-state index contributed by atoms with van der Waals surface area (Å²) in [6, 6.07) is 9.18. The van der Waals surface area contributed by atoms with Gasteiger partial charge < -0.3 is 4.74 Å². The maximum absolute atomic E-state index is 12.0. The average Bonchev–Trinajstić information content (AvgIpc) is 2.39. The fourth-order valence-corrected chi connectivity index (χ4v) is 1.59. The minimum atomic E-state index is 0.0377. The Bertz CT molecular complexity index is 550. The highest BCUT2D eigenvalue weighted by Crippen LogP contribution is 2.10. The lowest BCUT2D eigenvalue weighted by Gasteiger charge is -2.03. The van der Waals surface area contributed by atoms with Crippen LogP contribution in [0.3, 0.4) is 0 Å². The minimum absolute atomic E-state index is 0.0377. The van der Waals surface area contributed by atoms with Crippen LogP contribution in [0.15, 0.2) is 36.7 Å². The van der Waals surface area contributed by atoms with Gasteiger partial charge in [0, 0.05) is 11.6 Å². The Kier molecular flexibility index (Phi) is 3.67. The summed E-state index contributed by atoms with van der Waals surface area (Å²) >= 11 is 0. The lowest BCUT2D eigenvalue weighted by Crippen LogP contribution is -2.05. The number of methoxy groups -OCH3 is 1. The van der Waals surface area contributed by atoms with Gasteiger partial charge in [0.2, 0.25) is 5.88 Å². The molecule has 0 fully saturated rings. The normalized spacial score (nSPS) is 10.1. The molecule has 0 saturated carbocycles. The second kappa shape index (κ2) is 5.40.